The Bertz CT molecular complexity index is 159. The Morgan fingerprint density at radius 3 is 2.19 bits per heavy atom. The summed E-state index contributed by atoms with van der Waals surface area (Å²) in [4.78, 5) is 2.35. The molecule has 0 saturated carbocycles. The zero-order valence-corrected chi connectivity index (χ0v) is 11.8. The number of hydrogen-bond acceptors (Lipinski definition) is 3. The third-order valence-electron chi connectivity index (χ3n) is 3.53. The molecular formula is C13H30N2O. The average Bonchev–Trinajstić information content (AvgIpc) is 2.27. The van der Waals surface area contributed by atoms with E-state index in [0.717, 1.165) is 39.1 Å². The Morgan fingerprint density at radius 1 is 1.25 bits per heavy atom. The molecule has 0 unspecified atom stereocenters. The van der Waals surface area contributed by atoms with Gasteiger partial charge in [0, 0.05) is 25.2 Å². The molecule has 0 aromatic carbocycles. The van der Waals surface area contributed by atoms with E-state index in [1.54, 1.807) is 0 Å². The predicted molar refractivity (Wildman–Crippen MR) is 70.7 cm³/mol. The van der Waals surface area contributed by atoms with E-state index in [1.807, 2.05) is 0 Å². The number of hydrogen-bond donors (Lipinski definition) is 1. The third kappa shape index (κ3) is 4.81. The van der Waals surface area contributed by atoms with Crippen LogP contribution in [-0.2, 0) is 4.74 Å². The van der Waals surface area contributed by atoms with Gasteiger partial charge >= 0.3 is 0 Å². The van der Waals surface area contributed by atoms with Gasteiger partial charge in [-0.15, -0.1) is 0 Å². The minimum atomic E-state index is 0.154. The first-order valence-corrected chi connectivity index (χ1v) is 6.51. The lowest BCUT2D eigenvalue weighted by molar-refractivity contribution is 0.0492. The molecule has 0 rings (SSSR count). The molecular weight excluding hydrogens is 200 g/mol. The van der Waals surface area contributed by atoms with Crippen LogP contribution in [0.1, 0.15) is 40.5 Å². The first kappa shape index (κ1) is 15.9. The molecule has 3 nitrogen and oxygen atoms in total. The monoisotopic (exact) mass is 230 g/mol. The van der Waals surface area contributed by atoms with Gasteiger partial charge in [0.15, 0.2) is 0 Å². The van der Waals surface area contributed by atoms with Gasteiger partial charge in [-0.3, -0.25) is 4.90 Å². The molecule has 0 bridgehead atoms. The summed E-state index contributed by atoms with van der Waals surface area (Å²) in [5, 5.41) is 0. The second kappa shape index (κ2) is 8.04. The van der Waals surface area contributed by atoms with Gasteiger partial charge in [-0.25, -0.2) is 0 Å². The van der Waals surface area contributed by atoms with Crippen LogP contribution in [0.25, 0.3) is 0 Å². The quantitative estimate of drug-likeness (QED) is 0.617. The standard InChI is InChI=1S/C13H30N2O/c1-6-13(7-2,11-14)15(5)8-9-16-10-12(3)4/h12H,6-11,14H2,1-5H3. The van der Waals surface area contributed by atoms with Crippen LogP contribution >= 0.6 is 0 Å². The second-order valence-electron chi connectivity index (χ2n) is 5.03. The van der Waals surface area contributed by atoms with E-state index in [9.17, 15) is 0 Å². The van der Waals surface area contributed by atoms with Crippen LogP contribution in [0, 0.1) is 5.92 Å². The van der Waals surface area contributed by atoms with E-state index in [4.69, 9.17) is 10.5 Å². The minimum Gasteiger partial charge on any atom is -0.380 e. The summed E-state index contributed by atoms with van der Waals surface area (Å²) < 4.78 is 5.61. The van der Waals surface area contributed by atoms with Crippen LogP contribution in [0.15, 0.2) is 0 Å². The fourth-order valence-electron chi connectivity index (χ4n) is 1.99. The molecule has 0 aromatic rings. The molecule has 0 heterocycles. The molecule has 16 heavy (non-hydrogen) atoms. The SMILES string of the molecule is CCC(CC)(CN)N(C)CCOCC(C)C. The summed E-state index contributed by atoms with van der Waals surface area (Å²) in [7, 11) is 2.15. The minimum absolute atomic E-state index is 0.154. The van der Waals surface area contributed by atoms with E-state index < -0.39 is 0 Å². The first-order chi connectivity index (χ1) is 7.52. The molecule has 0 aliphatic rings. The van der Waals surface area contributed by atoms with Crippen molar-refractivity contribution in [2.45, 2.75) is 46.1 Å². The van der Waals surface area contributed by atoms with Crippen LogP contribution in [0.2, 0.25) is 0 Å². The molecule has 0 aromatic heterocycles. The Hall–Kier alpha value is -0.120. The van der Waals surface area contributed by atoms with E-state index in [1.165, 1.54) is 0 Å². The highest BCUT2D eigenvalue weighted by atomic mass is 16.5. The number of likely N-dealkylation sites (N-methyl/N-ethyl adjacent to an activating group) is 1. The zero-order valence-electron chi connectivity index (χ0n) is 11.8. The van der Waals surface area contributed by atoms with E-state index in [-0.39, 0.29) is 5.54 Å². The van der Waals surface area contributed by atoms with Crippen molar-refractivity contribution >= 4 is 0 Å². The van der Waals surface area contributed by atoms with Gasteiger partial charge in [0.25, 0.3) is 0 Å². The number of rotatable bonds is 9. The molecule has 0 spiro atoms. The predicted octanol–water partition coefficient (Wildman–Crippen LogP) is 2.11. The molecule has 0 aliphatic carbocycles. The molecule has 0 aliphatic heterocycles. The second-order valence-corrected chi connectivity index (χ2v) is 5.03. The maximum absolute atomic E-state index is 5.90. The van der Waals surface area contributed by atoms with Crippen LogP contribution in [0.5, 0.6) is 0 Å². The van der Waals surface area contributed by atoms with Gasteiger partial charge in [-0.05, 0) is 25.8 Å². The van der Waals surface area contributed by atoms with Gasteiger partial charge in [0.2, 0.25) is 0 Å². The zero-order chi connectivity index (χ0) is 12.6. The summed E-state index contributed by atoms with van der Waals surface area (Å²) in [6.07, 6.45) is 2.20. The van der Waals surface area contributed by atoms with Crippen LogP contribution < -0.4 is 5.73 Å². The van der Waals surface area contributed by atoms with Gasteiger partial charge in [0.05, 0.1) is 6.61 Å². The van der Waals surface area contributed by atoms with Crippen molar-refractivity contribution in [3.05, 3.63) is 0 Å². The van der Waals surface area contributed by atoms with Gasteiger partial charge in [0.1, 0.15) is 0 Å². The highest BCUT2D eigenvalue weighted by Gasteiger charge is 2.28. The van der Waals surface area contributed by atoms with Crippen molar-refractivity contribution in [2.24, 2.45) is 11.7 Å². The van der Waals surface area contributed by atoms with Crippen molar-refractivity contribution in [1.82, 2.24) is 4.90 Å². The largest absolute Gasteiger partial charge is 0.380 e. The fraction of sp³-hybridized carbons (Fsp3) is 1.00. The van der Waals surface area contributed by atoms with Crippen LogP contribution in [0.3, 0.4) is 0 Å². The highest BCUT2D eigenvalue weighted by molar-refractivity contribution is 4.87. The Morgan fingerprint density at radius 2 is 1.81 bits per heavy atom. The van der Waals surface area contributed by atoms with Gasteiger partial charge in [-0.2, -0.15) is 0 Å². The van der Waals surface area contributed by atoms with Crippen LogP contribution in [0.4, 0.5) is 0 Å². The number of ether oxygens (including phenoxy) is 1. The average molecular weight is 230 g/mol. The summed E-state index contributed by atoms with van der Waals surface area (Å²) in [5.41, 5.74) is 6.05. The third-order valence-corrected chi connectivity index (χ3v) is 3.53. The van der Waals surface area contributed by atoms with Crippen molar-refractivity contribution in [3.63, 3.8) is 0 Å². The van der Waals surface area contributed by atoms with Gasteiger partial charge in [-0.1, -0.05) is 27.7 Å². The van der Waals surface area contributed by atoms with E-state index in [0.29, 0.717) is 5.92 Å². The summed E-state index contributed by atoms with van der Waals surface area (Å²) >= 11 is 0. The molecule has 0 atom stereocenters. The Kier molecular flexibility index (Phi) is 7.98. The molecule has 0 radical (unpaired) electrons. The topological polar surface area (TPSA) is 38.5 Å². The Balaban J connectivity index is 3.97. The van der Waals surface area contributed by atoms with Crippen molar-refractivity contribution in [3.8, 4) is 0 Å². The normalized spacial score (nSPS) is 12.8. The van der Waals surface area contributed by atoms with Crippen LogP contribution in [-0.4, -0.2) is 43.8 Å². The lowest BCUT2D eigenvalue weighted by Crippen LogP contribution is -2.52. The molecule has 98 valence electrons. The first-order valence-electron chi connectivity index (χ1n) is 6.51. The maximum Gasteiger partial charge on any atom is 0.0593 e. The molecule has 0 fully saturated rings. The summed E-state index contributed by atoms with van der Waals surface area (Å²) in [5.74, 6) is 0.613. The summed E-state index contributed by atoms with van der Waals surface area (Å²) in [6, 6.07) is 0. The Labute approximate surface area is 101 Å². The molecule has 0 saturated heterocycles. The lowest BCUT2D eigenvalue weighted by atomic mass is 9.91. The number of nitrogens with zero attached hydrogens (tertiary/aromatic N) is 1. The summed E-state index contributed by atoms with van der Waals surface area (Å²) in [6.45, 7) is 12.1. The van der Waals surface area contributed by atoms with E-state index >= 15 is 0 Å². The molecule has 2 N–H and O–H groups in total. The fourth-order valence-corrected chi connectivity index (χ4v) is 1.99. The highest BCUT2D eigenvalue weighted by Crippen LogP contribution is 2.20. The van der Waals surface area contributed by atoms with Crippen molar-refractivity contribution in [1.29, 1.82) is 0 Å². The lowest BCUT2D eigenvalue weighted by Gasteiger charge is -2.40. The number of nitrogens with two attached hydrogens (primary N) is 1. The maximum atomic E-state index is 5.90. The van der Waals surface area contributed by atoms with Crippen molar-refractivity contribution in [2.75, 3.05) is 33.4 Å². The molecule has 3 heteroatoms. The van der Waals surface area contributed by atoms with Crippen molar-refractivity contribution < 1.29 is 4.74 Å². The van der Waals surface area contributed by atoms with E-state index in [2.05, 4.69) is 39.6 Å². The molecule has 0 amide bonds. The smallest absolute Gasteiger partial charge is 0.0593 e. The van der Waals surface area contributed by atoms with Gasteiger partial charge < -0.3 is 10.5 Å².